The van der Waals surface area contributed by atoms with Crippen molar-refractivity contribution in [2.24, 2.45) is 0 Å². The highest BCUT2D eigenvalue weighted by Crippen LogP contribution is 2.25. The van der Waals surface area contributed by atoms with Gasteiger partial charge in [-0.15, -0.1) is 0 Å². The number of benzene rings is 1. The SMILES string of the molecule is Cc1c(Cl)cccc1Nc1nc(=O)c(C#N)cn1CC1=CCC=C(F)C=C1. The number of allylic oxidation sites excluding steroid dienone is 6. The van der Waals surface area contributed by atoms with Crippen LogP contribution in [0.4, 0.5) is 16.0 Å². The first-order valence-electron chi connectivity index (χ1n) is 8.24. The lowest BCUT2D eigenvalue weighted by molar-refractivity contribution is 0.663. The van der Waals surface area contributed by atoms with Crippen molar-refractivity contribution in [1.82, 2.24) is 9.55 Å². The third-order valence-electron chi connectivity index (χ3n) is 4.13. The van der Waals surface area contributed by atoms with Gasteiger partial charge >= 0.3 is 0 Å². The summed E-state index contributed by atoms with van der Waals surface area (Å²) in [4.78, 5) is 16.1. The van der Waals surface area contributed by atoms with Crippen LogP contribution in [0.25, 0.3) is 0 Å². The minimum absolute atomic E-state index is 0.0640. The average molecular weight is 383 g/mol. The monoisotopic (exact) mass is 382 g/mol. The maximum absolute atomic E-state index is 13.4. The van der Waals surface area contributed by atoms with E-state index in [1.165, 1.54) is 18.3 Å². The van der Waals surface area contributed by atoms with E-state index in [1.54, 1.807) is 22.8 Å². The molecule has 1 N–H and O–H groups in total. The van der Waals surface area contributed by atoms with Crippen molar-refractivity contribution in [3.63, 3.8) is 0 Å². The van der Waals surface area contributed by atoms with E-state index in [2.05, 4.69) is 10.3 Å². The molecule has 0 aliphatic heterocycles. The highest BCUT2D eigenvalue weighted by atomic mass is 35.5. The molecule has 7 heteroatoms. The van der Waals surface area contributed by atoms with Crippen molar-refractivity contribution in [3.8, 4) is 6.07 Å². The molecule has 1 aromatic carbocycles. The topological polar surface area (TPSA) is 70.7 Å². The Hall–Kier alpha value is -3.17. The summed E-state index contributed by atoms with van der Waals surface area (Å²) in [5.41, 5.74) is 1.66. The van der Waals surface area contributed by atoms with Crippen molar-refractivity contribution >= 4 is 23.2 Å². The number of rotatable bonds is 4. The van der Waals surface area contributed by atoms with Crippen LogP contribution in [-0.4, -0.2) is 9.55 Å². The molecular formula is C20H16ClFN4O. The third kappa shape index (κ3) is 4.33. The lowest BCUT2D eigenvalue weighted by Gasteiger charge is -2.16. The van der Waals surface area contributed by atoms with E-state index in [-0.39, 0.29) is 17.3 Å². The van der Waals surface area contributed by atoms with Crippen LogP contribution < -0.4 is 10.9 Å². The van der Waals surface area contributed by atoms with Crippen LogP contribution in [0.3, 0.4) is 0 Å². The van der Waals surface area contributed by atoms with Gasteiger partial charge in [0.1, 0.15) is 17.5 Å². The Kier molecular flexibility index (Phi) is 5.53. The van der Waals surface area contributed by atoms with Gasteiger partial charge in [0.05, 0.1) is 6.54 Å². The number of aromatic nitrogens is 2. The molecule has 3 rings (SSSR count). The van der Waals surface area contributed by atoms with Crippen LogP contribution >= 0.6 is 11.6 Å². The van der Waals surface area contributed by atoms with Gasteiger partial charge in [-0.05, 0) is 48.8 Å². The second-order valence-corrected chi connectivity index (χ2v) is 6.40. The molecule has 1 aliphatic rings. The number of nitriles is 1. The lowest BCUT2D eigenvalue weighted by atomic mass is 10.2. The van der Waals surface area contributed by atoms with Gasteiger partial charge in [-0.2, -0.15) is 10.2 Å². The first-order valence-corrected chi connectivity index (χ1v) is 8.62. The lowest BCUT2D eigenvalue weighted by Crippen LogP contribution is -2.20. The Labute approximate surface area is 160 Å². The highest BCUT2D eigenvalue weighted by molar-refractivity contribution is 6.31. The molecule has 0 fully saturated rings. The second-order valence-electron chi connectivity index (χ2n) is 6.00. The Morgan fingerprint density at radius 3 is 2.96 bits per heavy atom. The smallest absolute Gasteiger partial charge is 0.292 e. The summed E-state index contributed by atoms with van der Waals surface area (Å²) >= 11 is 6.15. The number of nitrogens with zero attached hydrogens (tertiary/aromatic N) is 3. The van der Waals surface area contributed by atoms with Crippen LogP contribution in [0.2, 0.25) is 5.02 Å². The first kappa shape index (κ1) is 18.6. The number of halogens is 2. The van der Waals surface area contributed by atoms with E-state index in [0.717, 1.165) is 11.1 Å². The molecule has 0 radical (unpaired) electrons. The van der Waals surface area contributed by atoms with Crippen LogP contribution in [0.15, 0.2) is 64.9 Å². The van der Waals surface area contributed by atoms with E-state index in [1.807, 2.05) is 25.1 Å². The Morgan fingerprint density at radius 1 is 1.37 bits per heavy atom. The normalized spacial score (nSPS) is 13.4. The molecule has 0 saturated carbocycles. The van der Waals surface area contributed by atoms with Gasteiger partial charge in [0.15, 0.2) is 0 Å². The highest BCUT2D eigenvalue weighted by Gasteiger charge is 2.12. The zero-order valence-electron chi connectivity index (χ0n) is 14.5. The summed E-state index contributed by atoms with van der Waals surface area (Å²) in [6.07, 6.45) is 8.31. The van der Waals surface area contributed by atoms with Gasteiger partial charge in [-0.25, -0.2) is 4.39 Å². The Balaban J connectivity index is 2.00. The van der Waals surface area contributed by atoms with Gasteiger partial charge in [-0.3, -0.25) is 4.79 Å². The van der Waals surface area contributed by atoms with Crippen molar-refractivity contribution in [3.05, 3.63) is 86.6 Å². The molecule has 0 amide bonds. The molecular weight excluding hydrogens is 367 g/mol. The molecule has 0 saturated heterocycles. The average Bonchev–Trinajstić information content (AvgIpc) is 2.85. The molecule has 2 aromatic rings. The van der Waals surface area contributed by atoms with Gasteiger partial charge in [-0.1, -0.05) is 29.8 Å². The minimum Gasteiger partial charge on any atom is -0.325 e. The molecule has 1 aliphatic carbocycles. The van der Waals surface area contributed by atoms with E-state index in [0.29, 0.717) is 23.7 Å². The fourth-order valence-corrected chi connectivity index (χ4v) is 2.79. The number of anilines is 2. The van der Waals surface area contributed by atoms with Crippen molar-refractivity contribution in [1.29, 1.82) is 5.26 Å². The third-order valence-corrected chi connectivity index (χ3v) is 4.54. The number of nitrogens with one attached hydrogen (secondary N) is 1. The maximum atomic E-state index is 13.4. The van der Waals surface area contributed by atoms with E-state index in [9.17, 15) is 9.18 Å². The van der Waals surface area contributed by atoms with Crippen LogP contribution in [0, 0.1) is 18.3 Å². The molecule has 136 valence electrons. The largest absolute Gasteiger partial charge is 0.325 e. The van der Waals surface area contributed by atoms with Gasteiger partial charge in [0, 0.05) is 16.9 Å². The van der Waals surface area contributed by atoms with Crippen LogP contribution in [0.5, 0.6) is 0 Å². The van der Waals surface area contributed by atoms with Crippen LogP contribution in [0.1, 0.15) is 17.5 Å². The maximum Gasteiger partial charge on any atom is 0.292 e. The number of hydrogen-bond acceptors (Lipinski definition) is 4. The summed E-state index contributed by atoms with van der Waals surface area (Å²) in [7, 11) is 0. The summed E-state index contributed by atoms with van der Waals surface area (Å²) in [5.74, 6) is -0.0266. The fourth-order valence-electron chi connectivity index (χ4n) is 2.61. The molecule has 1 heterocycles. The quantitative estimate of drug-likeness (QED) is 0.841. The second kappa shape index (κ2) is 8.02. The summed E-state index contributed by atoms with van der Waals surface area (Å²) in [6.45, 7) is 2.17. The van der Waals surface area contributed by atoms with E-state index in [4.69, 9.17) is 16.9 Å². The molecule has 27 heavy (non-hydrogen) atoms. The zero-order chi connectivity index (χ0) is 19.4. The van der Waals surface area contributed by atoms with E-state index >= 15 is 0 Å². The molecule has 5 nitrogen and oxygen atoms in total. The predicted molar refractivity (Wildman–Crippen MR) is 104 cm³/mol. The summed E-state index contributed by atoms with van der Waals surface area (Å²) in [6, 6.07) is 7.23. The first-order chi connectivity index (χ1) is 13.0. The van der Waals surface area contributed by atoms with Gasteiger partial charge < -0.3 is 9.88 Å². The minimum atomic E-state index is -0.617. The van der Waals surface area contributed by atoms with Gasteiger partial charge in [0.2, 0.25) is 5.95 Å². The Morgan fingerprint density at radius 2 is 2.19 bits per heavy atom. The fraction of sp³-hybridized carbons (Fsp3) is 0.150. The molecule has 0 atom stereocenters. The zero-order valence-corrected chi connectivity index (χ0v) is 15.3. The predicted octanol–water partition coefficient (Wildman–Crippen LogP) is 4.56. The summed E-state index contributed by atoms with van der Waals surface area (Å²) in [5, 5.41) is 12.9. The molecule has 1 aromatic heterocycles. The van der Waals surface area contributed by atoms with Crippen molar-refractivity contribution < 1.29 is 4.39 Å². The molecule has 0 unspecified atom stereocenters. The van der Waals surface area contributed by atoms with E-state index < -0.39 is 5.56 Å². The van der Waals surface area contributed by atoms with Crippen molar-refractivity contribution in [2.75, 3.05) is 5.32 Å². The number of hydrogen-bond donors (Lipinski definition) is 1. The molecule has 0 bridgehead atoms. The van der Waals surface area contributed by atoms with Crippen LogP contribution in [-0.2, 0) is 6.54 Å². The molecule has 0 spiro atoms. The standard InChI is InChI=1S/C20H16ClFN4O/c1-13-17(21)6-3-7-18(13)24-20-25-19(27)15(10-23)12-26(20)11-14-4-2-5-16(22)9-8-14/h3-9,12H,2,11H2,1H3,(H,24,25,27). The summed E-state index contributed by atoms with van der Waals surface area (Å²) < 4.78 is 15.0. The van der Waals surface area contributed by atoms with Crippen molar-refractivity contribution in [2.45, 2.75) is 19.9 Å². The van der Waals surface area contributed by atoms with Gasteiger partial charge in [0.25, 0.3) is 5.56 Å². The Bertz CT molecular complexity index is 1080.